The molecule has 0 saturated heterocycles. The first kappa shape index (κ1) is 12.6. The molecule has 1 fully saturated rings. The van der Waals surface area contributed by atoms with Crippen molar-refractivity contribution in [2.45, 2.75) is 51.5 Å². The molecule has 0 spiro atoms. The van der Waals surface area contributed by atoms with Crippen LogP contribution in [0.3, 0.4) is 0 Å². The maximum Gasteiger partial charge on any atom is 0.127 e. The Labute approximate surface area is 103 Å². The van der Waals surface area contributed by atoms with Crippen LogP contribution in [0.4, 0.5) is 4.39 Å². The van der Waals surface area contributed by atoms with Gasteiger partial charge in [-0.1, -0.05) is 13.0 Å². The van der Waals surface area contributed by atoms with E-state index in [4.69, 9.17) is 0 Å². The van der Waals surface area contributed by atoms with Gasteiger partial charge in [0.05, 0.1) is 0 Å². The highest BCUT2D eigenvalue weighted by molar-refractivity contribution is 5.38. The third kappa shape index (κ3) is 2.23. The van der Waals surface area contributed by atoms with Crippen molar-refractivity contribution in [3.63, 3.8) is 0 Å². The molecule has 94 valence electrons. The third-order valence-electron chi connectivity index (χ3n) is 4.19. The van der Waals surface area contributed by atoms with Crippen LogP contribution in [0, 0.1) is 19.7 Å². The maximum atomic E-state index is 14.2. The first-order chi connectivity index (χ1) is 7.96. The van der Waals surface area contributed by atoms with E-state index in [-0.39, 0.29) is 11.2 Å². The minimum absolute atomic E-state index is 0.00442. The molecule has 0 heterocycles. The quantitative estimate of drug-likeness (QED) is 0.827. The summed E-state index contributed by atoms with van der Waals surface area (Å²) in [5, 5.41) is 3.32. The van der Waals surface area contributed by atoms with Gasteiger partial charge in [0.1, 0.15) is 5.82 Å². The molecule has 1 aliphatic carbocycles. The molecule has 0 amide bonds. The molecule has 2 atom stereocenters. The summed E-state index contributed by atoms with van der Waals surface area (Å²) >= 11 is 0. The van der Waals surface area contributed by atoms with E-state index in [0.717, 1.165) is 36.0 Å². The normalized spacial score (nSPS) is 28.6. The van der Waals surface area contributed by atoms with Gasteiger partial charge in [-0.25, -0.2) is 4.39 Å². The van der Waals surface area contributed by atoms with Crippen LogP contribution in [0.5, 0.6) is 0 Å². The number of rotatable bonds is 2. The van der Waals surface area contributed by atoms with Crippen molar-refractivity contribution < 1.29 is 4.39 Å². The summed E-state index contributed by atoms with van der Waals surface area (Å²) in [5.74, 6) is -0.0262. The molecule has 1 nitrogen and oxygen atoms in total. The standard InChI is InChI=1S/C15H22FN/c1-10-7-11(2)14(13(16)8-10)15(3)6-5-12(9-15)17-4/h7-8,12,17H,5-6,9H2,1-4H3. The summed E-state index contributed by atoms with van der Waals surface area (Å²) < 4.78 is 14.2. The van der Waals surface area contributed by atoms with Crippen molar-refractivity contribution in [3.8, 4) is 0 Å². The van der Waals surface area contributed by atoms with Gasteiger partial charge in [-0.3, -0.25) is 0 Å². The molecule has 1 aliphatic rings. The molecule has 1 N–H and O–H groups in total. The molecule has 17 heavy (non-hydrogen) atoms. The molecule has 1 saturated carbocycles. The van der Waals surface area contributed by atoms with Gasteiger partial charge in [-0.15, -0.1) is 0 Å². The average Bonchev–Trinajstić information content (AvgIpc) is 2.59. The molecular formula is C15H22FN. The number of halogens is 1. The predicted octanol–water partition coefficient (Wildman–Crippen LogP) is 3.47. The first-order valence-corrected chi connectivity index (χ1v) is 6.41. The summed E-state index contributed by atoms with van der Waals surface area (Å²) in [5.41, 5.74) is 3.04. The van der Waals surface area contributed by atoms with E-state index in [0.29, 0.717) is 6.04 Å². The van der Waals surface area contributed by atoms with E-state index in [9.17, 15) is 4.39 Å². The lowest BCUT2D eigenvalue weighted by atomic mass is 9.78. The van der Waals surface area contributed by atoms with Gasteiger partial charge in [0.25, 0.3) is 0 Å². The van der Waals surface area contributed by atoms with Crippen LogP contribution >= 0.6 is 0 Å². The lowest BCUT2D eigenvalue weighted by Crippen LogP contribution is -2.27. The fraction of sp³-hybridized carbons (Fsp3) is 0.600. The Morgan fingerprint density at radius 3 is 2.59 bits per heavy atom. The highest BCUT2D eigenvalue weighted by atomic mass is 19.1. The Hall–Kier alpha value is -0.890. The van der Waals surface area contributed by atoms with Gasteiger partial charge in [-0.2, -0.15) is 0 Å². The first-order valence-electron chi connectivity index (χ1n) is 6.41. The molecule has 2 unspecified atom stereocenters. The van der Waals surface area contributed by atoms with Crippen LogP contribution in [0.1, 0.15) is 42.9 Å². The summed E-state index contributed by atoms with van der Waals surface area (Å²) in [4.78, 5) is 0. The zero-order valence-corrected chi connectivity index (χ0v) is 11.2. The van der Waals surface area contributed by atoms with Crippen LogP contribution < -0.4 is 5.32 Å². The van der Waals surface area contributed by atoms with Crippen molar-refractivity contribution in [2.75, 3.05) is 7.05 Å². The molecular weight excluding hydrogens is 213 g/mol. The van der Waals surface area contributed by atoms with Crippen molar-refractivity contribution in [3.05, 3.63) is 34.6 Å². The Bertz CT molecular complexity index is 404. The van der Waals surface area contributed by atoms with Crippen molar-refractivity contribution >= 4 is 0 Å². The topological polar surface area (TPSA) is 12.0 Å². The highest BCUT2D eigenvalue weighted by Crippen LogP contribution is 2.43. The number of nitrogens with one attached hydrogen (secondary N) is 1. The minimum atomic E-state index is -0.0262. The minimum Gasteiger partial charge on any atom is -0.317 e. The summed E-state index contributed by atoms with van der Waals surface area (Å²) in [6, 6.07) is 4.29. The fourth-order valence-corrected chi connectivity index (χ4v) is 3.39. The van der Waals surface area contributed by atoms with E-state index >= 15 is 0 Å². The highest BCUT2D eigenvalue weighted by Gasteiger charge is 2.38. The lowest BCUT2D eigenvalue weighted by molar-refractivity contribution is 0.438. The van der Waals surface area contributed by atoms with Gasteiger partial charge >= 0.3 is 0 Å². The zero-order chi connectivity index (χ0) is 12.6. The van der Waals surface area contributed by atoms with Crippen LogP contribution in [-0.4, -0.2) is 13.1 Å². The van der Waals surface area contributed by atoms with Crippen LogP contribution in [-0.2, 0) is 5.41 Å². The molecule has 1 aromatic rings. The second kappa shape index (κ2) is 4.41. The number of hydrogen-bond acceptors (Lipinski definition) is 1. The molecule has 0 aliphatic heterocycles. The van der Waals surface area contributed by atoms with Gasteiger partial charge in [0.15, 0.2) is 0 Å². The third-order valence-corrected chi connectivity index (χ3v) is 4.19. The largest absolute Gasteiger partial charge is 0.317 e. The Morgan fingerprint density at radius 2 is 2.06 bits per heavy atom. The van der Waals surface area contributed by atoms with E-state index in [1.54, 1.807) is 6.07 Å². The van der Waals surface area contributed by atoms with Crippen molar-refractivity contribution in [1.29, 1.82) is 0 Å². The predicted molar refractivity (Wildman–Crippen MR) is 69.9 cm³/mol. The Morgan fingerprint density at radius 1 is 1.35 bits per heavy atom. The molecule has 0 bridgehead atoms. The fourth-order valence-electron chi connectivity index (χ4n) is 3.39. The van der Waals surface area contributed by atoms with E-state index in [1.807, 2.05) is 20.9 Å². The Balaban J connectivity index is 2.41. The van der Waals surface area contributed by atoms with Crippen LogP contribution in [0.25, 0.3) is 0 Å². The molecule has 0 radical (unpaired) electrons. The van der Waals surface area contributed by atoms with E-state index in [1.165, 1.54) is 0 Å². The second-order valence-corrected chi connectivity index (χ2v) is 5.73. The summed E-state index contributed by atoms with van der Waals surface area (Å²) in [6.45, 7) is 6.18. The molecule has 0 aromatic heterocycles. The zero-order valence-electron chi connectivity index (χ0n) is 11.2. The maximum absolute atomic E-state index is 14.2. The van der Waals surface area contributed by atoms with Crippen molar-refractivity contribution in [2.24, 2.45) is 0 Å². The van der Waals surface area contributed by atoms with Crippen LogP contribution in [0.2, 0.25) is 0 Å². The smallest absolute Gasteiger partial charge is 0.127 e. The number of aryl methyl sites for hydroxylation is 2. The monoisotopic (exact) mass is 235 g/mol. The van der Waals surface area contributed by atoms with E-state index in [2.05, 4.69) is 18.3 Å². The van der Waals surface area contributed by atoms with E-state index < -0.39 is 0 Å². The summed E-state index contributed by atoms with van der Waals surface area (Å²) in [6.07, 6.45) is 3.24. The molecule has 2 heteroatoms. The molecule has 1 aromatic carbocycles. The number of hydrogen-bond donors (Lipinski definition) is 1. The van der Waals surface area contributed by atoms with Crippen LogP contribution in [0.15, 0.2) is 12.1 Å². The average molecular weight is 235 g/mol. The SMILES string of the molecule is CNC1CCC(C)(c2c(C)cc(C)cc2F)C1. The van der Waals surface area contributed by atoms with Gasteiger partial charge < -0.3 is 5.32 Å². The second-order valence-electron chi connectivity index (χ2n) is 5.73. The molecule has 2 rings (SSSR count). The summed E-state index contributed by atoms with van der Waals surface area (Å²) in [7, 11) is 1.99. The van der Waals surface area contributed by atoms with Crippen molar-refractivity contribution in [1.82, 2.24) is 5.32 Å². The number of benzene rings is 1. The lowest BCUT2D eigenvalue weighted by Gasteiger charge is -2.27. The van der Waals surface area contributed by atoms with Gasteiger partial charge in [-0.05, 0) is 68.3 Å². The van der Waals surface area contributed by atoms with Gasteiger partial charge in [0.2, 0.25) is 0 Å². The van der Waals surface area contributed by atoms with Gasteiger partial charge in [0, 0.05) is 6.04 Å². The Kier molecular flexibility index (Phi) is 3.26.